The summed E-state index contributed by atoms with van der Waals surface area (Å²) in [7, 11) is 0. The van der Waals surface area contributed by atoms with Crippen LogP contribution in [0.15, 0.2) is 42.7 Å². The molecule has 2 heterocycles. The summed E-state index contributed by atoms with van der Waals surface area (Å²) in [5.41, 5.74) is 9.90. The normalized spacial score (nSPS) is 12.1. The van der Waals surface area contributed by atoms with Gasteiger partial charge in [0, 0.05) is 23.7 Å². The number of rotatable bonds is 8. The first-order chi connectivity index (χ1) is 15.2. The smallest absolute Gasteiger partial charge is 0.416 e. The zero-order valence-electron chi connectivity index (χ0n) is 16.2. The molecule has 32 heavy (non-hydrogen) atoms. The first-order valence-electron chi connectivity index (χ1n) is 8.98. The summed E-state index contributed by atoms with van der Waals surface area (Å²) < 4.78 is 45.3. The largest absolute Gasteiger partial charge is 0.424 e. The number of carbonyl (C=O) groups is 2. The van der Waals surface area contributed by atoms with Gasteiger partial charge in [-0.05, 0) is 24.3 Å². The third kappa shape index (κ3) is 5.31. The van der Waals surface area contributed by atoms with Gasteiger partial charge in [-0.3, -0.25) is 4.79 Å². The van der Waals surface area contributed by atoms with E-state index in [-0.39, 0.29) is 34.9 Å². The number of ether oxygens (including phenoxy) is 1. The lowest BCUT2D eigenvalue weighted by Crippen LogP contribution is -2.30. The fraction of sp³-hybridized carbons (Fsp3) is 0.158. The van der Waals surface area contributed by atoms with Gasteiger partial charge >= 0.3 is 12.2 Å². The molecule has 1 unspecified atom stereocenters. The molecule has 5 N–H and O–H groups in total. The molecule has 1 amide bonds. The van der Waals surface area contributed by atoms with Crippen LogP contribution in [0.25, 0.3) is 11.1 Å². The third-order valence-electron chi connectivity index (χ3n) is 4.11. The number of nitrogens with one attached hydrogen (secondary N) is 1. The maximum atomic E-state index is 13.2. The van der Waals surface area contributed by atoms with E-state index < -0.39 is 29.7 Å². The molecule has 0 saturated heterocycles. The van der Waals surface area contributed by atoms with E-state index in [4.69, 9.17) is 16.2 Å². The van der Waals surface area contributed by atoms with Crippen LogP contribution < -0.4 is 21.5 Å². The molecule has 0 aliphatic heterocycles. The maximum Gasteiger partial charge on any atom is 0.416 e. The van der Waals surface area contributed by atoms with E-state index in [1.54, 1.807) is 0 Å². The Morgan fingerprint density at radius 1 is 1.19 bits per heavy atom. The van der Waals surface area contributed by atoms with Crippen LogP contribution in [0.5, 0.6) is 11.8 Å². The van der Waals surface area contributed by atoms with Crippen LogP contribution in [0.3, 0.4) is 0 Å². The minimum absolute atomic E-state index is 0.00499. The SMILES string of the molecule is NCC(C=O)Nc1cc(C(N)=O)nc(Oc2ccc(C(F)(F)F)cc2-c2ccnnc2)n1. The second-order valence-electron chi connectivity index (χ2n) is 6.35. The van der Waals surface area contributed by atoms with Gasteiger partial charge in [0.1, 0.15) is 23.5 Å². The van der Waals surface area contributed by atoms with Crippen LogP contribution in [0, 0.1) is 0 Å². The van der Waals surface area contributed by atoms with Crippen LogP contribution in [0.4, 0.5) is 19.0 Å². The van der Waals surface area contributed by atoms with E-state index in [9.17, 15) is 22.8 Å². The maximum absolute atomic E-state index is 13.2. The fourth-order valence-electron chi connectivity index (χ4n) is 2.58. The Kier molecular flexibility index (Phi) is 6.59. The second kappa shape index (κ2) is 9.34. The molecular formula is C19H16F3N7O3. The predicted octanol–water partition coefficient (Wildman–Crippen LogP) is 1.78. The minimum atomic E-state index is -4.60. The molecule has 0 saturated carbocycles. The van der Waals surface area contributed by atoms with E-state index in [0.29, 0.717) is 6.29 Å². The lowest BCUT2D eigenvalue weighted by atomic mass is 10.0. The predicted molar refractivity (Wildman–Crippen MR) is 106 cm³/mol. The summed E-state index contributed by atoms with van der Waals surface area (Å²) in [6.07, 6.45) is -1.50. The number of aldehydes is 1. The summed E-state index contributed by atoms with van der Waals surface area (Å²) in [4.78, 5) is 30.6. The average molecular weight is 447 g/mol. The highest BCUT2D eigenvalue weighted by molar-refractivity contribution is 5.91. The molecule has 166 valence electrons. The van der Waals surface area contributed by atoms with Crippen molar-refractivity contribution in [1.29, 1.82) is 0 Å². The number of benzene rings is 1. The van der Waals surface area contributed by atoms with Crippen LogP contribution in [-0.2, 0) is 11.0 Å². The molecule has 0 aliphatic carbocycles. The van der Waals surface area contributed by atoms with Gasteiger partial charge in [0.15, 0.2) is 0 Å². The first kappa shape index (κ1) is 22.6. The molecule has 0 spiro atoms. The summed E-state index contributed by atoms with van der Waals surface area (Å²) >= 11 is 0. The summed E-state index contributed by atoms with van der Waals surface area (Å²) in [6.45, 7) is -0.0618. The van der Waals surface area contributed by atoms with Gasteiger partial charge in [0.05, 0.1) is 24.0 Å². The Hall–Kier alpha value is -4.13. The topological polar surface area (TPSA) is 159 Å². The zero-order valence-corrected chi connectivity index (χ0v) is 16.2. The Labute approximate surface area is 178 Å². The molecule has 1 aromatic carbocycles. The Balaban J connectivity index is 2.06. The van der Waals surface area contributed by atoms with Crippen LogP contribution in [0.1, 0.15) is 16.1 Å². The number of hydrogen-bond acceptors (Lipinski definition) is 9. The van der Waals surface area contributed by atoms with Crippen molar-refractivity contribution < 1.29 is 27.5 Å². The van der Waals surface area contributed by atoms with Gasteiger partial charge in [-0.25, -0.2) is 0 Å². The van der Waals surface area contributed by atoms with E-state index >= 15 is 0 Å². The standard InChI is InChI=1S/C19H16F3N7O3/c20-19(21,22)11-1-2-15(13(5-11)10-3-4-25-26-8-10)32-18-28-14(17(24)31)6-16(29-18)27-12(7-23)9-30/h1-6,8-9,12H,7,23H2,(H2,24,31)(H,27,28,29). The molecule has 3 aromatic rings. The van der Waals surface area contributed by atoms with Crippen molar-refractivity contribution >= 4 is 18.0 Å². The van der Waals surface area contributed by atoms with Crippen molar-refractivity contribution in [2.24, 2.45) is 11.5 Å². The van der Waals surface area contributed by atoms with Crippen molar-refractivity contribution in [2.75, 3.05) is 11.9 Å². The van der Waals surface area contributed by atoms with Crippen molar-refractivity contribution in [1.82, 2.24) is 20.2 Å². The number of nitrogens with two attached hydrogens (primary N) is 2. The summed E-state index contributed by atoms with van der Waals surface area (Å²) in [5.74, 6) is -0.962. The molecule has 0 fully saturated rings. The highest BCUT2D eigenvalue weighted by Crippen LogP contribution is 2.38. The van der Waals surface area contributed by atoms with Crippen molar-refractivity contribution in [3.05, 3.63) is 54.0 Å². The highest BCUT2D eigenvalue weighted by Gasteiger charge is 2.31. The molecule has 0 bridgehead atoms. The molecule has 0 aliphatic rings. The number of nitrogens with zero attached hydrogens (tertiary/aromatic N) is 4. The van der Waals surface area contributed by atoms with E-state index in [2.05, 4.69) is 25.5 Å². The lowest BCUT2D eigenvalue weighted by molar-refractivity contribution is -0.137. The van der Waals surface area contributed by atoms with Gasteiger partial charge in [0.25, 0.3) is 5.91 Å². The molecule has 1 atom stereocenters. The average Bonchev–Trinajstić information content (AvgIpc) is 2.77. The fourth-order valence-corrected chi connectivity index (χ4v) is 2.58. The van der Waals surface area contributed by atoms with E-state index in [1.807, 2.05) is 0 Å². The molecule has 0 radical (unpaired) electrons. The quantitative estimate of drug-likeness (QED) is 0.438. The van der Waals surface area contributed by atoms with E-state index in [1.165, 1.54) is 24.5 Å². The monoisotopic (exact) mass is 447 g/mol. The van der Waals surface area contributed by atoms with Crippen molar-refractivity contribution in [2.45, 2.75) is 12.2 Å². The number of hydrogen-bond donors (Lipinski definition) is 3. The Morgan fingerprint density at radius 2 is 1.97 bits per heavy atom. The first-order valence-corrected chi connectivity index (χ1v) is 8.98. The molecular weight excluding hydrogens is 431 g/mol. The van der Waals surface area contributed by atoms with Gasteiger partial charge in [-0.2, -0.15) is 33.3 Å². The van der Waals surface area contributed by atoms with Gasteiger partial charge in [0.2, 0.25) is 0 Å². The Bertz CT molecular complexity index is 1130. The minimum Gasteiger partial charge on any atom is -0.424 e. The number of amides is 1. The Morgan fingerprint density at radius 3 is 2.56 bits per heavy atom. The van der Waals surface area contributed by atoms with Crippen LogP contribution in [0.2, 0.25) is 0 Å². The molecule has 13 heteroatoms. The number of halogens is 3. The van der Waals surface area contributed by atoms with Crippen molar-refractivity contribution in [3.63, 3.8) is 0 Å². The van der Waals surface area contributed by atoms with Crippen LogP contribution >= 0.6 is 0 Å². The van der Waals surface area contributed by atoms with Crippen molar-refractivity contribution in [3.8, 4) is 22.9 Å². The van der Waals surface area contributed by atoms with Gasteiger partial charge in [-0.1, -0.05) is 0 Å². The second-order valence-corrected chi connectivity index (χ2v) is 6.35. The number of aromatic nitrogens is 4. The van der Waals surface area contributed by atoms with Crippen LogP contribution in [-0.4, -0.2) is 44.9 Å². The van der Waals surface area contributed by atoms with Gasteiger partial charge < -0.3 is 26.3 Å². The number of alkyl halides is 3. The number of primary amides is 1. The number of carbonyl (C=O) groups excluding carboxylic acids is 2. The number of anilines is 1. The zero-order chi connectivity index (χ0) is 23.3. The molecule has 2 aromatic heterocycles. The third-order valence-corrected chi connectivity index (χ3v) is 4.11. The van der Waals surface area contributed by atoms with E-state index in [0.717, 1.165) is 18.2 Å². The summed E-state index contributed by atoms with van der Waals surface area (Å²) in [6, 6.07) is 4.19. The molecule has 3 rings (SSSR count). The van der Waals surface area contributed by atoms with Gasteiger partial charge in [-0.15, -0.1) is 0 Å². The highest BCUT2D eigenvalue weighted by atomic mass is 19.4. The lowest BCUT2D eigenvalue weighted by Gasteiger charge is -2.15. The summed E-state index contributed by atoms with van der Waals surface area (Å²) in [5, 5.41) is 9.95. The molecule has 10 nitrogen and oxygen atoms in total.